The number of nitrogens with one attached hydrogen (secondary N) is 2. The molecule has 3 N–H and O–H groups in total. The number of hydrogen-bond donors (Lipinski definition) is 3. The quantitative estimate of drug-likeness (QED) is 0.337. The van der Waals surface area contributed by atoms with Gasteiger partial charge >= 0.3 is 18.2 Å². The lowest BCUT2D eigenvalue weighted by Crippen LogP contribution is -2.51. The van der Waals surface area contributed by atoms with E-state index in [0.717, 1.165) is 10.5 Å². The van der Waals surface area contributed by atoms with E-state index in [0.29, 0.717) is 10.8 Å². The van der Waals surface area contributed by atoms with E-state index in [1.54, 1.807) is 26.8 Å². The molecular formula is C27H31FN4O6. The summed E-state index contributed by atoms with van der Waals surface area (Å²) in [6.45, 7) is 4.76. The molecule has 0 saturated carbocycles. The number of esters is 1. The zero-order valence-electron chi connectivity index (χ0n) is 21.4. The molecule has 1 atom stereocenters. The van der Waals surface area contributed by atoms with Gasteiger partial charge in [0.2, 0.25) is 0 Å². The van der Waals surface area contributed by atoms with Crippen molar-refractivity contribution in [2.75, 3.05) is 24.5 Å². The van der Waals surface area contributed by atoms with Crippen LogP contribution in [0.1, 0.15) is 26.3 Å². The molecular weight excluding hydrogens is 495 g/mol. The number of alkyl carbamates (subject to hydrolysis) is 1. The second kappa shape index (κ2) is 12.8. The average Bonchev–Trinajstić information content (AvgIpc) is 2.86. The number of carbonyl (C=O) groups is 3. The molecule has 1 aromatic heterocycles. The van der Waals surface area contributed by atoms with Gasteiger partial charge in [-0.15, -0.1) is 0 Å². The Labute approximate surface area is 219 Å². The Morgan fingerprint density at radius 3 is 2.50 bits per heavy atom. The minimum absolute atomic E-state index is 0.0570. The molecule has 0 bridgehead atoms. The maximum Gasteiger partial charge on any atom is 0.413 e. The third-order valence-electron chi connectivity index (χ3n) is 5.24. The largest absolute Gasteiger partial charge is 0.465 e. The van der Waals surface area contributed by atoms with Gasteiger partial charge in [-0.1, -0.05) is 30.3 Å². The summed E-state index contributed by atoms with van der Waals surface area (Å²) in [5.41, 5.74) is 0.101. The molecule has 1 heterocycles. The lowest BCUT2D eigenvalue weighted by Gasteiger charge is -2.26. The first-order valence-corrected chi connectivity index (χ1v) is 12.0. The van der Waals surface area contributed by atoms with Crippen LogP contribution in [0.2, 0.25) is 0 Å². The number of pyridine rings is 1. The second-order valence-corrected chi connectivity index (χ2v) is 9.53. The van der Waals surface area contributed by atoms with Crippen molar-refractivity contribution in [3.63, 3.8) is 0 Å². The number of carbonyl (C=O) groups excluding carboxylic acids is 2. The minimum Gasteiger partial charge on any atom is -0.465 e. The number of aromatic nitrogens is 1. The normalized spacial score (nSPS) is 12.0. The van der Waals surface area contributed by atoms with Gasteiger partial charge in [0.1, 0.15) is 23.8 Å². The minimum atomic E-state index is -1.32. The maximum atomic E-state index is 13.7. The fraction of sp³-hybridized carbons (Fsp3) is 0.333. The highest BCUT2D eigenvalue weighted by molar-refractivity contribution is 5.90. The number of ether oxygens (including phenoxy) is 2. The number of carboxylic acid groups (broad SMARTS) is 1. The molecule has 0 spiro atoms. The number of amides is 2. The van der Waals surface area contributed by atoms with Crippen molar-refractivity contribution in [2.45, 2.75) is 39.0 Å². The van der Waals surface area contributed by atoms with Gasteiger partial charge in [0, 0.05) is 30.7 Å². The van der Waals surface area contributed by atoms with Crippen molar-refractivity contribution < 1.29 is 33.4 Å². The van der Waals surface area contributed by atoms with Crippen molar-refractivity contribution in [1.82, 2.24) is 15.6 Å². The van der Waals surface area contributed by atoms with Gasteiger partial charge in [-0.05, 0) is 56.0 Å². The Bertz CT molecular complexity index is 1270. The highest BCUT2D eigenvalue weighted by Crippen LogP contribution is 2.21. The van der Waals surface area contributed by atoms with Crippen LogP contribution in [-0.4, -0.2) is 59.5 Å². The number of nitrogens with zero attached hydrogens (tertiary/aromatic N) is 2. The smallest absolute Gasteiger partial charge is 0.413 e. The van der Waals surface area contributed by atoms with Crippen molar-refractivity contribution in [2.24, 2.45) is 0 Å². The Balaban J connectivity index is 1.71. The molecule has 0 aliphatic heterocycles. The summed E-state index contributed by atoms with van der Waals surface area (Å²) in [6, 6.07) is 14.0. The lowest BCUT2D eigenvalue weighted by molar-refractivity contribution is -0.153. The highest BCUT2D eigenvalue weighted by atomic mass is 19.1. The summed E-state index contributed by atoms with van der Waals surface area (Å²) in [5.74, 6) is -0.951. The molecule has 10 nitrogen and oxygen atoms in total. The molecule has 3 aromatic rings. The molecule has 2 aromatic carbocycles. The molecule has 202 valence electrons. The van der Waals surface area contributed by atoms with E-state index in [-0.39, 0.29) is 32.1 Å². The van der Waals surface area contributed by atoms with Crippen LogP contribution < -0.4 is 15.5 Å². The molecule has 0 unspecified atom stereocenters. The first kappa shape index (κ1) is 28.3. The van der Waals surface area contributed by atoms with Crippen LogP contribution in [0.3, 0.4) is 0 Å². The van der Waals surface area contributed by atoms with E-state index >= 15 is 0 Å². The predicted octanol–water partition coefficient (Wildman–Crippen LogP) is 4.08. The van der Waals surface area contributed by atoms with Gasteiger partial charge in [0.25, 0.3) is 0 Å². The van der Waals surface area contributed by atoms with Gasteiger partial charge in [-0.2, -0.15) is 0 Å². The van der Waals surface area contributed by atoms with Crippen molar-refractivity contribution in [3.05, 3.63) is 72.2 Å². The number of fused-ring (bicyclic) bond motifs is 1. The maximum absolute atomic E-state index is 13.7. The van der Waals surface area contributed by atoms with E-state index in [9.17, 15) is 23.9 Å². The van der Waals surface area contributed by atoms with Crippen molar-refractivity contribution in [1.29, 1.82) is 0 Å². The Morgan fingerprint density at radius 2 is 1.82 bits per heavy atom. The van der Waals surface area contributed by atoms with Crippen LogP contribution in [0, 0.1) is 5.82 Å². The van der Waals surface area contributed by atoms with Crippen LogP contribution in [0.4, 0.5) is 19.8 Å². The van der Waals surface area contributed by atoms with Gasteiger partial charge in [-0.3, -0.25) is 9.69 Å². The summed E-state index contributed by atoms with van der Waals surface area (Å²) >= 11 is 0. The molecule has 2 amide bonds. The van der Waals surface area contributed by atoms with E-state index in [1.165, 1.54) is 24.4 Å². The first-order chi connectivity index (χ1) is 18.0. The highest BCUT2D eigenvalue weighted by Gasteiger charge is 2.24. The van der Waals surface area contributed by atoms with Crippen LogP contribution in [0.25, 0.3) is 10.8 Å². The molecule has 0 saturated heterocycles. The zero-order valence-corrected chi connectivity index (χ0v) is 21.4. The van der Waals surface area contributed by atoms with Crippen molar-refractivity contribution in [3.8, 4) is 0 Å². The number of rotatable bonds is 10. The molecule has 3 rings (SSSR count). The van der Waals surface area contributed by atoms with E-state index in [1.807, 2.05) is 30.3 Å². The van der Waals surface area contributed by atoms with Crippen molar-refractivity contribution >= 4 is 34.7 Å². The third kappa shape index (κ3) is 9.00. The topological polar surface area (TPSA) is 130 Å². The van der Waals surface area contributed by atoms with Gasteiger partial charge in [0.15, 0.2) is 0 Å². The van der Waals surface area contributed by atoms with Crippen LogP contribution in [-0.2, 0) is 20.9 Å². The Morgan fingerprint density at radius 1 is 1.08 bits per heavy atom. The number of hydrogen-bond acceptors (Lipinski definition) is 7. The molecule has 0 fully saturated rings. The summed E-state index contributed by atoms with van der Waals surface area (Å²) in [4.78, 5) is 41.8. The van der Waals surface area contributed by atoms with E-state index in [2.05, 4.69) is 15.6 Å². The standard InChI is InChI=1S/C27H31FN4O6/c1-27(2,3)38-24(33)15-29-22(14-31-25(34)37-17-18-7-5-4-6-8-18)16-32(26(35)36)23-12-20-11-21(28)10-9-19(20)13-30-23/h4-13,22,29H,14-17H2,1-3H3,(H,31,34)(H,35,36)/t22-/m0/s1. The van der Waals surface area contributed by atoms with Gasteiger partial charge in [-0.25, -0.2) is 19.0 Å². The zero-order chi connectivity index (χ0) is 27.7. The number of anilines is 1. The van der Waals surface area contributed by atoms with E-state index in [4.69, 9.17) is 9.47 Å². The van der Waals surface area contributed by atoms with E-state index < -0.39 is 35.6 Å². The summed E-state index contributed by atoms with van der Waals surface area (Å²) in [5, 5.41) is 16.5. The summed E-state index contributed by atoms with van der Waals surface area (Å²) in [7, 11) is 0. The van der Waals surface area contributed by atoms with Crippen LogP contribution >= 0.6 is 0 Å². The van der Waals surface area contributed by atoms with Crippen LogP contribution in [0.5, 0.6) is 0 Å². The second-order valence-electron chi connectivity index (χ2n) is 9.53. The predicted molar refractivity (Wildman–Crippen MR) is 139 cm³/mol. The van der Waals surface area contributed by atoms with Gasteiger partial charge < -0.3 is 25.2 Å². The summed E-state index contributed by atoms with van der Waals surface area (Å²) < 4.78 is 24.2. The average molecular weight is 527 g/mol. The lowest BCUT2D eigenvalue weighted by atomic mass is 10.1. The number of benzene rings is 2. The third-order valence-corrected chi connectivity index (χ3v) is 5.24. The Hall–Kier alpha value is -4.25. The molecule has 0 aliphatic carbocycles. The molecule has 0 radical (unpaired) electrons. The molecule has 38 heavy (non-hydrogen) atoms. The SMILES string of the molecule is CC(C)(C)OC(=O)CN[C@@H](CNC(=O)OCc1ccccc1)CN(C(=O)O)c1cc2cc(F)ccc2cn1. The summed E-state index contributed by atoms with van der Waals surface area (Å²) in [6.07, 6.45) is -0.578. The fourth-order valence-electron chi connectivity index (χ4n) is 3.53. The monoisotopic (exact) mass is 526 g/mol. The number of halogens is 1. The van der Waals surface area contributed by atoms with Gasteiger partial charge in [0.05, 0.1) is 6.54 Å². The Kier molecular flexibility index (Phi) is 9.55. The molecule has 0 aliphatic rings. The fourth-order valence-corrected chi connectivity index (χ4v) is 3.53. The van der Waals surface area contributed by atoms with Crippen LogP contribution in [0.15, 0.2) is 60.8 Å². The first-order valence-electron chi connectivity index (χ1n) is 12.0. The molecule has 11 heteroatoms.